The molecule has 2 aromatic carbocycles. The molecule has 7 nitrogen and oxygen atoms in total. The first-order valence-corrected chi connectivity index (χ1v) is 11.7. The average Bonchev–Trinajstić information content (AvgIpc) is 2.83. The van der Waals surface area contributed by atoms with E-state index in [0.29, 0.717) is 17.2 Å². The maximum absolute atomic E-state index is 12.4. The molecule has 2 N–H and O–H groups in total. The molecule has 1 aliphatic heterocycles. The number of benzene rings is 2. The van der Waals surface area contributed by atoms with Crippen LogP contribution in [-0.4, -0.2) is 62.2 Å². The average molecular weight is 481 g/mol. The van der Waals surface area contributed by atoms with E-state index in [9.17, 15) is 9.59 Å². The number of carbonyl (C=O) groups is 2. The molecule has 0 saturated carbocycles. The lowest BCUT2D eigenvalue weighted by Gasteiger charge is -2.35. The van der Waals surface area contributed by atoms with Crippen LogP contribution >= 0.6 is 12.2 Å². The maximum Gasteiger partial charge on any atom is 0.337 e. The molecular weight excluding hydrogens is 448 g/mol. The zero-order valence-electron chi connectivity index (χ0n) is 20.1. The number of likely N-dealkylation sites (N-methyl/N-ethyl adjacent to an activating group) is 1. The highest BCUT2D eigenvalue weighted by Crippen LogP contribution is 2.28. The predicted molar refractivity (Wildman–Crippen MR) is 141 cm³/mol. The summed E-state index contributed by atoms with van der Waals surface area (Å²) in [5.74, 6) is -0.316. The molecule has 8 heteroatoms. The van der Waals surface area contributed by atoms with Crippen LogP contribution in [0.5, 0.6) is 0 Å². The number of nitrogens with zero attached hydrogens (tertiary/aromatic N) is 2. The Balaban J connectivity index is 1.69. The molecule has 0 spiro atoms. The number of carbonyl (C=O) groups excluding carboxylic acids is 2. The Morgan fingerprint density at radius 1 is 1.06 bits per heavy atom. The SMILES string of the molecule is COC(=O)c1ccc(N2CCN(C)CC2)c(NC(=S)NC(=O)/C=C/c2ccc(C(C)C)cc2)c1. The number of amides is 1. The van der Waals surface area contributed by atoms with Crippen molar-refractivity contribution in [3.8, 4) is 0 Å². The molecule has 0 aliphatic carbocycles. The van der Waals surface area contributed by atoms with Crippen molar-refractivity contribution >= 4 is 46.7 Å². The van der Waals surface area contributed by atoms with Crippen molar-refractivity contribution in [2.75, 3.05) is 50.6 Å². The van der Waals surface area contributed by atoms with E-state index in [1.165, 1.54) is 18.7 Å². The second kappa shape index (κ2) is 11.8. The summed E-state index contributed by atoms with van der Waals surface area (Å²) in [6, 6.07) is 13.4. The van der Waals surface area contributed by atoms with Crippen LogP contribution in [0.25, 0.3) is 6.08 Å². The number of piperazine rings is 1. The molecular formula is C26H32N4O3S. The van der Waals surface area contributed by atoms with Gasteiger partial charge in [-0.1, -0.05) is 38.1 Å². The van der Waals surface area contributed by atoms with Crippen LogP contribution in [-0.2, 0) is 9.53 Å². The minimum atomic E-state index is -0.436. The third kappa shape index (κ3) is 6.88. The summed E-state index contributed by atoms with van der Waals surface area (Å²) >= 11 is 5.39. The van der Waals surface area contributed by atoms with Crippen molar-refractivity contribution in [2.24, 2.45) is 0 Å². The Morgan fingerprint density at radius 3 is 2.35 bits per heavy atom. The van der Waals surface area contributed by atoms with Crippen LogP contribution in [0.1, 0.15) is 41.3 Å². The zero-order valence-corrected chi connectivity index (χ0v) is 20.9. The van der Waals surface area contributed by atoms with Crippen molar-refractivity contribution < 1.29 is 14.3 Å². The number of nitrogens with one attached hydrogen (secondary N) is 2. The van der Waals surface area contributed by atoms with Gasteiger partial charge in [0.05, 0.1) is 24.0 Å². The molecule has 180 valence electrons. The van der Waals surface area contributed by atoms with Gasteiger partial charge in [0, 0.05) is 32.3 Å². The van der Waals surface area contributed by atoms with Crippen molar-refractivity contribution in [2.45, 2.75) is 19.8 Å². The Kier molecular flexibility index (Phi) is 8.79. The lowest BCUT2D eigenvalue weighted by molar-refractivity contribution is -0.115. The fourth-order valence-corrected chi connectivity index (χ4v) is 3.89. The van der Waals surface area contributed by atoms with Gasteiger partial charge in [0.1, 0.15) is 0 Å². The van der Waals surface area contributed by atoms with E-state index < -0.39 is 5.97 Å². The zero-order chi connectivity index (χ0) is 24.7. The maximum atomic E-state index is 12.4. The summed E-state index contributed by atoms with van der Waals surface area (Å²) in [5, 5.41) is 5.92. The van der Waals surface area contributed by atoms with Gasteiger partial charge < -0.3 is 19.9 Å². The van der Waals surface area contributed by atoms with E-state index in [0.717, 1.165) is 37.4 Å². The van der Waals surface area contributed by atoms with Gasteiger partial charge in [-0.3, -0.25) is 10.1 Å². The number of rotatable bonds is 6. The molecule has 0 radical (unpaired) electrons. The normalized spacial score (nSPS) is 14.3. The van der Waals surface area contributed by atoms with E-state index in [1.807, 2.05) is 18.2 Å². The molecule has 0 atom stereocenters. The summed E-state index contributed by atoms with van der Waals surface area (Å²) in [5.41, 5.74) is 4.14. The highest BCUT2D eigenvalue weighted by atomic mass is 32.1. The van der Waals surface area contributed by atoms with Crippen LogP contribution in [0.4, 0.5) is 11.4 Å². The first-order valence-electron chi connectivity index (χ1n) is 11.3. The van der Waals surface area contributed by atoms with Crippen LogP contribution in [0.15, 0.2) is 48.5 Å². The summed E-state index contributed by atoms with van der Waals surface area (Å²) < 4.78 is 4.86. The molecule has 3 rings (SSSR count). The highest BCUT2D eigenvalue weighted by Gasteiger charge is 2.19. The number of hydrogen-bond donors (Lipinski definition) is 2. The minimum Gasteiger partial charge on any atom is -0.465 e. The smallest absolute Gasteiger partial charge is 0.337 e. The van der Waals surface area contributed by atoms with Gasteiger partial charge in [-0.05, 0) is 60.6 Å². The minimum absolute atomic E-state index is 0.155. The topological polar surface area (TPSA) is 73.9 Å². The van der Waals surface area contributed by atoms with Gasteiger partial charge in [-0.25, -0.2) is 4.79 Å². The van der Waals surface area contributed by atoms with Crippen molar-refractivity contribution in [3.63, 3.8) is 0 Å². The van der Waals surface area contributed by atoms with Gasteiger partial charge in [-0.2, -0.15) is 0 Å². The van der Waals surface area contributed by atoms with Gasteiger partial charge in [-0.15, -0.1) is 0 Å². The number of esters is 1. The predicted octanol–water partition coefficient (Wildman–Crippen LogP) is 3.87. The van der Waals surface area contributed by atoms with E-state index in [1.54, 1.807) is 18.2 Å². The summed E-state index contributed by atoms with van der Waals surface area (Å²) in [4.78, 5) is 29.0. The molecule has 0 unspecified atom stereocenters. The van der Waals surface area contributed by atoms with Gasteiger partial charge in [0.15, 0.2) is 5.11 Å². The highest BCUT2D eigenvalue weighted by molar-refractivity contribution is 7.80. The molecule has 2 aromatic rings. The van der Waals surface area contributed by atoms with Crippen LogP contribution in [0.3, 0.4) is 0 Å². The summed E-state index contributed by atoms with van der Waals surface area (Å²) in [6.45, 7) is 7.84. The lowest BCUT2D eigenvalue weighted by Crippen LogP contribution is -2.45. The monoisotopic (exact) mass is 480 g/mol. The molecule has 1 heterocycles. The molecule has 1 saturated heterocycles. The van der Waals surface area contributed by atoms with E-state index in [4.69, 9.17) is 17.0 Å². The third-order valence-corrected chi connectivity index (χ3v) is 5.98. The van der Waals surface area contributed by atoms with E-state index in [2.05, 4.69) is 53.5 Å². The first kappa shape index (κ1) is 25.4. The Morgan fingerprint density at radius 2 is 1.74 bits per heavy atom. The van der Waals surface area contributed by atoms with Gasteiger partial charge in [0.25, 0.3) is 0 Å². The van der Waals surface area contributed by atoms with E-state index >= 15 is 0 Å². The molecule has 1 amide bonds. The number of ether oxygens (including phenoxy) is 1. The van der Waals surface area contributed by atoms with Gasteiger partial charge in [0.2, 0.25) is 5.91 Å². The number of hydrogen-bond acceptors (Lipinski definition) is 6. The second-order valence-electron chi connectivity index (χ2n) is 8.61. The molecule has 34 heavy (non-hydrogen) atoms. The number of methoxy groups -OCH3 is 1. The molecule has 0 aromatic heterocycles. The summed E-state index contributed by atoms with van der Waals surface area (Å²) in [6.07, 6.45) is 3.19. The number of thiocarbonyl (C=S) groups is 1. The fourth-order valence-electron chi connectivity index (χ4n) is 3.68. The Labute approximate surface area is 206 Å². The Bertz CT molecular complexity index is 1060. The molecule has 0 bridgehead atoms. The van der Waals surface area contributed by atoms with Crippen molar-refractivity contribution in [1.29, 1.82) is 0 Å². The van der Waals surface area contributed by atoms with Crippen molar-refractivity contribution in [1.82, 2.24) is 10.2 Å². The van der Waals surface area contributed by atoms with E-state index in [-0.39, 0.29) is 11.0 Å². The lowest BCUT2D eigenvalue weighted by atomic mass is 10.0. The quantitative estimate of drug-likeness (QED) is 0.369. The molecule has 1 aliphatic rings. The molecule has 1 fully saturated rings. The van der Waals surface area contributed by atoms with Gasteiger partial charge >= 0.3 is 5.97 Å². The summed E-state index contributed by atoms with van der Waals surface area (Å²) in [7, 11) is 3.44. The largest absolute Gasteiger partial charge is 0.465 e. The standard InChI is InChI=1S/C26H32N4O3S/c1-18(2)20-8-5-19(6-9-20)7-12-24(31)28-26(34)27-22-17-21(25(32)33-4)10-11-23(22)30-15-13-29(3)14-16-30/h5-12,17-18H,13-16H2,1-4H3,(H2,27,28,31,34)/b12-7+. The van der Waals surface area contributed by atoms with Crippen LogP contribution in [0, 0.1) is 0 Å². The van der Waals surface area contributed by atoms with Crippen LogP contribution < -0.4 is 15.5 Å². The fraction of sp³-hybridized carbons (Fsp3) is 0.346. The second-order valence-corrected chi connectivity index (χ2v) is 9.02. The Hall–Kier alpha value is -3.23. The van der Waals surface area contributed by atoms with Crippen molar-refractivity contribution in [3.05, 3.63) is 65.2 Å². The first-order chi connectivity index (χ1) is 16.3. The third-order valence-electron chi connectivity index (χ3n) is 5.78. The number of anilines is 2. The van der Waals surface area contributed by atoms with Crippen LogP contribution in [0.2, 0.25) is 0 Å².